The number of hydrogen-bond acceptors (Lipinski definition) is 5. The third kappa shape index (κ3) is 3.82. The summed E-state index contributed by atoms with van der Waals surface area (Å²) in [5.41, 5.74) is 6.53. The fraction of sp³-hybridized carbons (Fsp3) is 0.0833. The average molecular weight is 296 g/mol. The first-order valence-corrected chi connectivity index (χ1v) is 5.90. The summed E-state index contributed by atoms with van der Waals surface area (Å²) in [5, 5.41) is 2.90. The molecule has 0 amide bonds. The number of halogens is 2. The zero-order valence-electron chi connectivity index (χ0n) is 10.1. The molecule has 1 aromatic heterocycles. The highest BCUT2D eigenvalue weighted by Crippen LogP contribution is 2.19. The van der Waals surface area contributed by atoms with Gasteiger partial charge in [-0.25, -0.2) is 9.97 Å². The zero-order valence-corrected chi connectivity index (χ0v) is 10.9. The van der Waals surface area contributed by atoms with Gasteiger partial charge in [-0.05, 0) is 30.3 Å². The molecule has 0 saturated carbocycles. The van der Waals surface area contributed by atoms with Crippen LogP contribution in [-0.2, 0) is 0 Å². The van der Waals surface area contributed by atoms with Crippen molar-refractivity contribution in [3.8, 4) is 5.75 Å². The summed E-state index contributed by atoms with van der Waals surface area (Å²) in [7, 11) is 0. The van der Waals surface area contributed by atoms with Gasteiger partial charge in [-0.2, -0.15) is 8.78 Å². The third-order valence-electron chi connectivity index (χ3n) is 2.24. The standard InChI is InChI=1S/C12H10F2N4OS/c13-11(14)19-8-3-1-7(2-4-8)17-12-16-6-5-9(18-12)10(15)20/h1-6,11H,(H2,15,20)(H,16,17,18). The third-order valence-corrected chi connectivity index (χ3v) is 2.45. The highest BCUT2D eigenvalue weighted by atomic mass is 32.1. The number of rotatable bonds is 5. The van der Waals surface area contributed by atoms with Gasteiger partial charge in [-0.15, -0.1) is 0 Å². The van der Waals surface area contributed by atoms with Gasteiger partial charge in [0.2, 0.25) is 5.95 Å². The summed E-state index contributed by atoms with van der Waals surface area (Å²) in [5.74, 6) is 0.376. The van der Waals surface area contributed by atoms with E-state index in [2.05, 4.69) is 20.0 Å². The molecule has 0 bridgehead atoms. The highest BCUT2D eigenvalue weighted by Gasteiger charge is 2.05. The van der Waals surface area contributed by atoms with Crippen LogP contribution in [0.25, 0.3) is 0 Å². The average Bonchev–Trinajstić information content (AvgIpc) is 2.41. The largest absolute Gasteiger partial charge is 0.435 e. The molecule has 0 radical (unpaired) electrons. The van der Waals surface area contributed by atoms with Crippen molar-refractivity contribution in [3.05, 3.63) is 42.2 Å². The Morgan fingerprint density at radius 2 is 1.95 bits per heavy atom. The fourth-order valence-electron chi connectivity index (χ4n) is 1.40. The minimum atomic E-state index is -2.85. The maximum atomic E-state index is 12.0. The van der Waals surface area contributed by atoms with E-state index in [4.69, 9.17) is 18.0 Å². The summed E-state index contributed by atoms with van der Waals surface area (Å²) >= 11 is 4.82. The molecule has 2 aromatic rings. The van der Waals surface area contributed by atoms with Crippen molar-refractivity contribution in [2.24, 2.45) is 5.73 Å². The second kappa shape index (κ2) is 6.20. The van der Waals surface area contributed by atoms with Gasteiger partial charge in [-0.1, -0.05) is 12.2 Å². The predicted octanol–water partition coefficient (Wildman–Crippen LogP) is 2.46. The van der Waals surface area contributed by atoms with Gasteiger partial charge in [0.25, 0.3) is 0 Å². The van der Waals surface area contributed by atoms with Gasteiger partial charge in [0, 0.05) is 11.9 Å². The molecule has 104 valence electrons. The molecule has 0 unspecified atom stereocenters. The van der Waals surface area contributed by atoms with Gasteiger partial charge in [-0.3, -0.25) is 0 Å². The lowest BCUT2D eigenvalue weighted by atomic mass is 10.3. The van der Waals surface area contributed by atoms with Crippen molar-refractivity contribution in [2.75, 3.05) is 5.32 Å². The van der Waals surface area contributed by atoms with Crippen LogP contribution in [-0.4, -0.2) is 21.6 Å². The Morgan fingerprint density at radius 3 is 2.55 bits per heavy atom. The molecule has 0 aliphatic heterocycles. The van der Waals surface area contributed by atoms with Gasteiger partial charge < -0.3 is 15.8 Å². The monoisotopic (exact) mass is 296 g/mol. The van der Waals surface area contributed by atoms with E-state index >= 15 is 0 Å². The number of anilines is 2. The molecule has 0 atom stereocenters. The Bertz CT molecular complexity index is 607. The van der Waals surface area contributed by atoms with Crippen LogP contribution in [0.5, 0.6) is 5.75 Å². The Morgan fingerprint density at radius 1 is 1.25 bits per heavy atom. The molecule has 2 rings (SSSR count). The number of hydrogen-bond donors (Lipinski definition) is 2. The van der Waals surface area contributed by atoms with Crippen LogP contribution in [0, 0.1) is 0 Å². The van der Waals surface area contributed by atoms with Gasteiger partial charge in [0.05, 0.1) is 0 Å². The molecule has 5 nitrogen and oxygen atoms in total. The van der Waals surface area contributed by atoms with Crippen molar-refractivity contribution in [1.29, 1.82) is 0 Å². The first-order chi connectivity index (χ1) is 9.54. The predicted molar refractivity (Wildman–Crippen MR) is 74.3 cm³/mol. The minimum Gasteiger partial charge on any atom is -0.435 e. The van der Waals surface area contributed by atoms with Crippen molar-refractivity contribution < 1.29 is 13.5 Å². The van der Waals surface area contributed by atoms with E-state index in [-0.39, 0.29) is 10.7 Å². The topological polar surface area (TPSA) is 73.1 Å². The second-order valence-electron chi connectivity index (χ2n) is 3.66. The molecule has 0 aliphatic carbocycles. The normalized spacial score (nSPS) is 10.3. The number of nitrogens with zero attached hydrogens (tertiary/aromatic N) is 2. The van der Waals surface area contributed by atoms with Crippen LogP contribution in [0.3, 0.4) is 0 Å². The lowest BCUT2D eigenvalue weighted by molar-refractivity contribution is -0.0498. The van der Waals surface area contributed by atoms with Crippen LogP contribution >= 0.6 is 12.2 Å². The highest BCUT2D eigenvalue weighted by molar-refractivity contribution is 7.80. The quantitative estimate of drug-likeness (QED) is 0.826. The summed E-state index contributed by atoms with van der Waals surface area (Å²) in [6, 6.07) is 7.54. The molecule has 8 heteroatoms. The van der Waals surface area contributed by atoms with E-state index < -0.39 is 6.61 Å². The molecule has 0 aliphatic rings. The number of nitrogens with one attached hydrogen (secondary N) is 1. The van der Waals surface area contributed by atoms with E-state index in [0.717, 1.165) is 0 Å². The molecular formula is C12H10F2N4OS. The van der Waals surface area contributed by atoms with E-state index in [1.807, 2.05) is 0 Å². The molecule has 0 fully saturated rings. The van der Waals surface area contributed by atoms with E-state index in [1.165, 1.54) is 18.3 Å². The maximum Gasteiger partial charge on any atom is 0.387 e. The first-order valence-electron chi connectivity index (χ1n) is 5.49. The van der Waals surface area contributed by atoms with Crippen molar-refractivity contribution in [2.45, 2.75) is 6.61 Å². The SMILES string of the molecule is NC(=S)c1ccnc(Nc2ccc(OC(F)F)cc2)n1. The molecule has 3 N–H and O–H groups in total. The minimum absolute atomic E-state index is 0.0726. The van der Waals surface area contributed by atoms with Crippen LogP contribution in [0.4, 0.5) is 20.4 Å². The maximum absolute atomic E-state index is 12.0. The number of alkyl halides is 2. The van der Waals surface area contributed by atoms with Crippen molar-refractivity contribution in [3.63, 3.8) is 0 Å². The van der Waals surface area contributed by atoms with Crippen LogP contribution in [0.2, 0.25) is 0 Å². The van der Waals surface area contributed by atoms with E-state index in [0.29, 0.717) is 17.3 Å². The summed E-state index contributed by atoms with van der Waals surface area (Å²) < 4.78 is 28.3. The Balaban J connectivity index is 2.10. The number of aromatic nitrogens is 2. The Hall–Kier alpha value is -2.35. The van der Waals surface area contributed by atoms with Crippen LogP contribution in [0.15, 0.2) is 36.5 Å². The van der Waals surface area contributed by atoms with Crippen LogP contribution < -0.4 is 15.8 Å². The first kappa shape index (κ1) is 14.1. The van der Waals surface area contributed by atoms with Gasteiger partial charge in [0.15, 0.2) is 0 Å². The summed E-state index contributed by atoms with van der Waals surface area (Å²) in [6.45, 7) is -2.85. The Kier molecular flexibility index (Phi) is 4.36. The number of benzene rings is 1. The van der Waals surface area contributed by atoms with Crippen molar-refractivity contribution >= 4 is 28.8 Å². The molecule has 1 heterocycles. The molecular weight excluding hydrogens is 286 g/mol. The van der Waals surface area contributed by atoms with Crippen LogP contribution in [0.1, 0.15) is 5.69 Å². The number of nitrogens with two attached hydrogens (primary N) is 1. The smallest absolute Gasteiger partial charge is 0.387 e. The fourth-order valence-corrected chi connectivity index (χ4v) is 1.52. The molecule has 1 aromatic carbocycles. The zero-order chi connectivity index (χ0) is 14.5. The lowest BCUT2D eigenvalue weighted by Gasteiger charge is -2.07. The molecule has 0 spiro atoms. The molecule has 20 heavy (non-hydrogen) atoms. The Labute approximate surface area is 118 Å². The number of thiocarbonyl (C=S) groups is 1. The van der Waals surface area contributed by atoms with E-state index in [1.54, 1.807) is 18.2 Å². The second-order valence-corrected chi connectivity index (χ2v) is 4.10. The van der Waals surface area contributed by atoms with Gasteiger partial charge >= 0.3 is 6.61 Å². The summed E-state index contributed by atoms with van der Waals surface area (Å²) in [4.78, 5) is 8.26. The van der Waals surface area contributed by atoms with Crippen molar-refractivity contribution in [1.82, 2.24) is 9.97 Å². The van der Waals surface area contributed by atoms with Gasteiger partial charge in [0.1, 0.15) is 16.4 Å². The number of ether oxygens (including phenoxy) is 1. The summed E-state index contributed by atoms with van der Waals surface area (Å²) in [6.07, 6.45) is 1.51. The lowest BCUT2D eigenvalue weighted by Crippen LogP contribution is -2.12. The molecule has 0 saturated heterocycles. The van der Waals surface area contributed by atoms with E-state index in [9.17, 15) is 8.78 Å².